The Balaban J connectivity index is 1.76. The molecule has 3 rings (SSSR count). The van der Waals surface area contributed by atoms with Crippen LogP contribution in [0, 0.1) is 0 Å². The van der Waals surface area contributed by atoms with Crippen LogP contribution in [0.15, 0.2) is 73.3 Å². The molecule has 0 amide bonds. The second kappa shape index (κ2) is 9.29. The van der Waals surface area contributed by atoms with Crippen LogP contribution in [0.2, 0.25) is 0 Å². The Morgan fingerprint density at radius 3 is 2.07 bits per heavy atom. The third-order valence-corrected chi connectivity index (χ3v) is 4.97. The summed E-state index contributed by atoms with van der Waals surface area (Å²) in [5.74, 6) is 0. The van der Waals surface area contributed by atoms with Gasteiger partial charge in [-0.2, -0.15) is 0 Å². The van der Waals surface area contributed by atoms with Gasteiger partial charge in [-0.05, 0) is 24.5 Å². The van der Waals surface area contributed by atoms with Crippen molar-refractivity contribution in [3.8, 4) is 0 Å². The van der Waals surface area contributed by atoms with Gasteiger partial charge in [0.25, 0.3) is 0 Å². The van der Waals surface area contributed by atoms with Gasteiger partial charge < -0.3 is 19.3 Å². The summed E-state index contributed by atoms with van der Waals surface area (Å²) in [6, 6.07) is 20.0. The Kier molecular flexibility index (Phi) is 6.80. The molecule has 1 aliphatic rings. The molecule has 1 N–H and O–H groups in total. The van der Waals surface area contributed by atoms with E-state index in [0.717, 1.165) is 11.1 Å². The molecule has 2 aromatic rings. The maximum Gasteiger partial charge on any atom is 0.116 e. The first kappa shape index (κ1) is 19.8. The second-order valence-corrected chi connectivity index (χ2v) is 7.12. The molecule has 144 valence electrons. The van der Waals surface area contributed by atoms with E-state index in [-0.39, 0.29) is 18.8 Å². The third-order valence-electron chi connectivity index (χ3n) is 4.97. The fraction of sp³-hybridized carbons (Fsp3) is 0.391. The highest BCUT2D eigenvalue weighted by Gasteiger charge is 2.53. The van der Waals surface area contributed by atoms with Crippen molar-refractivity contribution in [1.82, 2.24) is 0 Å². The van der Waals surface area contributed by atoms with E-state index in [9.17, 15) is 5.11 Å². The van der Waals surface area contributed by atoms with Crippen LogP contribution in [0.5, 0.6) is 0 Å². The van der Waals surface area contributed by atoms with Gasteiger partial charge >= 0.3 is 0 Å². The molecule has 4 heteroatoms. The molecule has 27 heavy (non-hydrogen) atoms. The van der Waals surface area contributed by atoms with E-state index in [1.807, 2.05) is 73.7 Å². The highest BCUT2D eigenvalue weighted by Crippen LogP contribution is 2.38. The minimum atomic E-state index is -0.592. The zero-order valence-electron chi connectivity index (χ0n) is 15.8. The van der Waals surface area contributed by atoms with Crippen LogP contribution >= 0.6 is 0 Å². The maximum atomic E-state index is 9.85. The van der Waals surface area contributed by atoms with Gasteiger partial charge in [0.05, 0.1) is 25.4 Å². The fourth-order valence-corrected chi connectivity index (χ4v) is 3.61. The summed E-state index contributed by atoms with van der Waals surface area (Å²) in [6.45, 7) is 6.65. The van der Waals surface area contributed by atoms with E-state index in [1.165, 1.54) is 0 Å². The predicted octanol–water partition coefficient (Wildman–Crippen LogP) is 3.88. The predicted molar refractivity (Wildman–Crippen MR) is 105 cm³/mol. The van der Waals surface area contributed by atoms with Gasteiger partial charge in [-0.25, -0.2) is 0 Å². The maximum absolute atomic E-state index is 9.85. The van der Waals surface area contributed by atoms with E-state index < -0.39 is 11.7 Å². The molecule has 2 aromatic carbocycles. The van der Waals surface area contributed by atoms with Gasteiger partial charge in [0.15, 0.2) is 0 Å². The van der Waals surface area contributed by atoms with E-state index in [0.29, 0.717) is 19.6 Å². The summed E-state index contributed by atoms with van der Waals surface area (Å²) in [5, 5.41) is 9.85. The van der Waals surface area contributed by atoms with E-state index >= 15 is 0 Å². The monoisotopic (exact) mass is 368 g/mol. The second-order valence-electron chi connectivity index (χ2n) is 7.12. The Morgan fingerprint density at radius 1 is 1.00 bits per heavy atom. The lowest BCUT2D eigenvalue weighted by Crippen LogP contribution is -2.43. The molecule has 0 aromatic heterocycles. The van der Waals surface area contributed by atoms with Crippen molar-refractivity contribution >= 4 is 0 Å². The molecule has 1 aliphatic heterocycles. The largest absolute Gasteiger partial charge is 0.394 e. The van der Waals surface area contributed by atoms with Crippen molar-refractivity contribution in [2.24, 2.45) is 0 Å². The van der Waals surface area contributed by atoms with Crippen LogP contribution in [0.25, 0.3) is 0 Å². The van der Waals surface area contributed by atoms with Gasteiger partial charge in [0.2, 0.25) is 0 Å². The standard InChI is InChI=1S/C23H28O4/c1-3-14-23(2)22(26-17-19-12-8-5-9-13-19)21(20(15-24)27-23)25-16-18-10-6-4-7-11-18/h3-13,20-22,24H,1,14-17H2,2H3/t20-,21-,22+,23-/m1/s1. The van der Waals surface area contributed by atoms with Gasteiger partial charge in [-0.15, -0.1) is 6.58 Å². The molecular formula is C23H28O4. The van der Waals surface area contributed by atoms with Gasteiger partial charge in [0.1, 0.15) is 18.3 Å². The smallest absolute Gasteiger partial charge is 0.116 e. The minimum absolute atomic E-state index is 0.114. The number of hydrogen-bond acceptors (Lipinski definition) is 4. The van der Waals surface area contributed by atoms with E-state index in [4.69, 9.17) is 14.2 Å². The molecule has 0 radical (unpaired) electrons. The number of aliphatic hydroxyl groups is 1. The number of aliphatic hydroxyl groups excluding tert-OH is 1. The lowest BCUT2D eigenvalue weighted by atomic mass is 9.92. The van der Waals surface area contributed by atoms with Crippen LogP contribution in [0.3, 0.4) is 0 Å². The molecule has 4 atom stereocenters. The molecule has 4 nitrogen and oxygen atoms in total. The topological polar surface area (TPSA) is 47.9 Å². The van der Waals surface area contributed by atoms with Crippen LogP contribution in [0.4, 0.5) is 0 Å². The number of benzene rings is 2. The Morgan fingerprint density at radius 2 is 1.56 bits per heavy atom. The van der Waals surface area contributed by atoms with Crippen LogP contribution in [-0.2, 0) is 27.4 Å². The van der Waals surface area contributed by atoms with Crippen molar-refractivity contribution in [3.63, 3.8) is 0 Å². The molecular weight excluding hydrogens is 340 g/mol. The average molecular weight is 368 g/mol. The van der Waals surface area contributed by atoms with Crippen molar-refractivity contribution in [3.05, 3.63) is 84.4 Å². The van der Waals surface area contributed by atoms with Crippen molar-refractivity contribution < 1.29 is 19.3 Å². The van der Waals surface area contributed by atoms with E-state index in [2.05, 4.69) is 6.58 Å². The van der Waals surface area contributed by atoms with Crippen LogP contribution in [-0.4, -0.2) is 35.6 Å². The molecule has 0 aliphatic carbocycles. The molecule has 1 heterocycles. The van der Waals surface area contributed by atoms with Gasteiger partial charge in [-0.3, -0.25) is 0 Å². The first-order valence-corrected chi connectivity index (χ1v) is 9.37. The SMILES string of the molecule is C=CC[C@@]1(C)O[C@H](CO)[C@@H](OCc2ccccc2)[C@@H]1OCc1ccccc1. The molecule has 0 bridgehead atoms. The lowest BCUT2D eigenvalue weighted by molar-refractivity contribution is -0.107. The Hall–Kier alpha value is -1.98. The molecule has 0 spiro atoms. The number of hydrogen-bond donors (Lipinski definition) is 1. The summed E-state index contributed by atoms with van der Waals surface area (Å²) in [5.41, 5.74) is 1.58. The molecule has 0 saturated carbocycles. The van der Waals surface area contributed by atoms with Crippen LogP contribution < -0.4 is 0 Å². The summed E-state index contributed by atoms with van der Waals surface area (Å²) >= 11 is 0. The Bertz CT molecular complexity index is 703. The van der Waals surface area contributed by atoms with Gasteiger partial charge in [-0.1, -0.05) is 66.7 Å². The zero-order chi connectivity index (χ0) is 19.1. The summed E-state index contributed by atoms with van der Waals surface area (Å²) in [7, 11) is 0. The minimum Gasteiger partial charge on any atom is -0.394 e. The third kappa shape index (κ3) is 4.85. The van der Waals surface area contributed by atoms with Crippen molar-refractivity contribution in [2.45, 2.75) is 50.5 Å². The van der Waals surface area contributed by atoms with Crippen molar-refractivity contribution in [2.75, 3.05) is 6.61 Å². The first-order valence-electron chi connectivity index (χ1n) is 9.37. The highest BCUT2D eigenvalue weighted by molar-refractivity contribution is 5.15. The summed E-state index contributed by atoms with van der Waals surface area (Å²) in [6.07, 6.45) is 1.35. The zero-order valence-corrected chi connectivity index (χ0v) is 15.8. The van der Waals surface area contributed by atoms with E-state index in [1.54, 1.807) is 0 Å². The molecule has 0 unspecified atom stereocenters. The highest BCUT2D eigenvalue weighted by atomic mass is 16.6. The normalized spacial score (nSPS) is 27.6. The fourth-order valence-electron chi connectivity index (χ4n) is 3.61. The first-order chi connectivity index (χ1) is 13.2. The average Bonchev–Trinajstić information content (AvgIpc) is 2.97. The Labute approximate surface area is 161 Å². The molecule has 1 fully saturated rings. The van der Waals surface area contributed by atoms with Crippen LogP contribution in [0.1, 0.15) is 24.5 Å². The lowest BCUT2D eigenvalue weighted by Gasteiger charge is -2.31. The number of ether oxygens (including phenoxy) is 3. The van der Waals surface area contributed by atoms with Gasteiger partial charge in [0, 0.05) is 0 Å². The summed E-state index contributed by atoms with van der Waals surface area (Å²) in [4.78, 5) is 0. The quantitative estimate of drug-likeness (QED) is 0.683. The summed E-state index contributed by atoms with van der Waals surface area (Å²) < 4.78 is 18.6. The number of rotatable bonds is 9. The molecule has 1 saturated heterocycles. The van der Waals surface area contributed by atoms with Crippen molar-refractivity contribution in [1.29, 1.82) is 0 Å².